The molecule has 0 N–H and O–H groups in total. The first-order valence-electron chi connectivity index (χ1n) is 15.3. The Morgan fingerprint density at radius 2 is 1.06 bits per heavy atom. The standard InChI is InChI=1S/C30H36N4O17/c1-12(35)42-8-19-23(45-15(4)38)25(47-17(6)40)29(49-19)34-11-33-21-27(34)31-10-32-28(21)51-30-26(48-18(7)41)24(46-16(5)39)22(44-14(3)37)20(50-30)9-43-13(2)36/h10-11,19-20,22-26,29-30H,8-9H2,1-7H3/t19-,20-,22-,23-,24+,25-,26-,29-,30+/m1/s1. The molecule has 0 aromatic carbocycles. The van der Waals surface area contributed by atoms with Crippen LogP contribution in [0.25, 0.3) is 11.2 Å². The minimum Gasteiger partial charge on any atom is -0.463 e. The minimum atomic E-state index is -1.65. The van der Waals surface area contributed by atoms with Gasteiger partial charge in [0.05, 0.1) is 6.33 Å². The summed E-state index contributed by atoms with van der Waals surface area (Å²) < 4.78 is 56.8. The Morgan fingerprint density at radius 3 is 1.59 bits per heavy atom. The lowest BCUT2D eigenvalue weighted by atomic mass is 9.98. The maximum Gasteiger partial charge on any atom is 0.303 e. The first kappa shape index (κ1) is 38.4. The number of esters is 7. The molecule has 2 aliphatic rings. The van der Waals surface area contributed by atoms with Gasteiger partial charge < -0.3 is 47.4 Å². The van der Waals surface area contributed by atoms with Crippen LogP contribution in [0.1, 0.15) is 54.7 Å². The van der Waals surface area contributed by atoms with Crippen molar-refractivity contribution in [2.45, 2.75) is 104 Å². The molecule has 9 atom stereocenters. The number of aromatic nitrogens is 4. The number of hydrogen-bond acceptors (Lipinski definition) is 20. The quantitative estimate of drug-likeness (QED) is 0.199. The van der Waals surface area contributed by atoms with Crippen molar-refractivity contribution < 1.29 is 80.9 Å². The van der Waals surface area contributed by atoms with E-state index < -0.39 is 104 Å². The maximum atomic E-state index is 12.2. The highest BCUT2D eigenvalue weighted by Crippen LogP contribution is 2.37. The molecule has 2 fully saturated rings. The lowest BCUT2D eigenvalue weighted by Gasteiger charge is -2.43. The van der Waals surface area contributed by atoms with E-state index in [4.69, 9.17) is 47.4 Å². The largest absolute Gasteiger partial charge is 0.463 e. The van der Waals surface area contributed by atoms with Crippen LogP contribution < -0.4 is 4.74 Å². The van der Waals surface area contributed by atoms with Gasteiger partial charge in [0.2, 0.25) is 18.3 Å². The maximum absolute atomic E-state index is 12.2. The summed E-state index contributed by atoms with van der Waals surface area (Å²) in [6.45, 7) is 6.93. The van der Waals surface area contributed by atoms with Crippen LogP contribution in [-0.2, 0) is 76.2 Å². The number of carbonyl (C=O) groups is 7. The second-order valence-electron chi connectivity index (χ2n) is 11.2. The molecule has 2 saturated heterocycles. The molecular weight excluding hydrogens is 688 g/mol. The van der Waals surface area contributed by atoms with Gasteiger partial charge in [-0.2, -0.15) is 4.98 Å². The van der Waals surface area contributed by atoms with Crippen LogP contribution in [-0.4, -0.2) is 124 Å². The first-order chi connectivity index (χ1) is 24.0. The van der Waals surface area contributed by atoms with Gasteiger partial charge in [-0.3, -0.25) is 38.1 Å². The Bertz CT molecular complexity index is 1660. The van der Waals surface area contributed by atoms with E-state index in [0.29, 0.717) is 0 Å². The molecule has 4 rings (SSSR count). The molecule has 0 radical (unpaired) electrons. The molecule has 0 aliphatic carbocycles. The van der Waals surface area contributed by atoms with E-state index in [0.717, 1.165) is 47.9 Å². The molecule has 21 nitrogen and oxygen atoms in total. The highest BCUT2D eigenvalue weighted by molar-refractivity contribution is 5.76. The summed E-state index contributed by atoms with van der Waals surface area (Å²) in [5.74, 6) is -5.61. The average Bonchev–Trinajstić information content (AvgIpc) is 3.58. The molecule has 0 amide bonds. The molecule has 278 valence electrons. The van der Waals surface area contributed by atoms with Crippen LogP contribution in [0, 0.1) is 0 Å². The molecule has 0 saturated carbocycles. The predicted octanol–water partition coefficient (Wildman–Crippen LogP) is -0.388. The van der Waals surface area contributed by atoms with Crippen molar-refractivity contribution in [3.8, 4) is 5.88 Å². The van der Waals surface area contributed by atoms with E-state index in [1.165, 1.54) is 17.8 Å². The lowest BCUT2D eigenvalue weighted by molar-refractivity contribution is -0.288. The third-order valence-electron chi connectivity index (χ3n) is 7.12. The molecule has 2 aromatic rings. The van der Waals surface area contributed by atoms with Gasteiger partial charge in [0.15, 0.2) is 41.8 Å². The third-order valence-corrected chi connectivity index (χ3v) is 7.12. The Labute approximate surface area is 289 Å². The molecule has 2 aliphatic heterocycles. The summed E-state index contributed by atoms with van der Waals surface area (Å²) in [6.07, 6.45) is -9.99. The summed E-state index contributed by atoms with van der Waals surface area (Å²) >= 11 is 0. The second kappa shape index (κ2) is 16.5. The van der Waals surface area contributed by atoms with Crippen molar-refractivity contribution in [3.05, 3.63) is 12.7 Å². The predicted molar refractivity (Wildman–Crippen MR) is 160 cm³/mol. The molecular formula is C30H36N4O17. The topological polar surface area (TPSA) is 255 Å². The normalized spacial score (nSPS) is 27.1. The molecule has 0 spiro atoms. The van der Waals surface area contributed by atoms with Crippen LogP contribution in [0.5, 0.6) is 5.88 Å². The van der Waals surface area contributed by atoms with Gasteiger partial charge in [-0.05, 0) is 0 Å². The third kappa shape index (κ3) is 9.63. The number of rotatable bonds is 12. The van der Waals surface area contributed by atoms with Crippen LogP contribution >= 0.6 is 0 Å². The Hall–Kier alpha value is -5.44. The minimum absolute atomic E-state index is 0.0301. The monoisotopic (exact) mass is 724 g/mol. The van der Waals surface area contributed by atoms with Crippen molar-refractivity contribution in [1.82, 2.24) is 19.5 Å². The van der Waals surface area contributed by atoms with E-state index in [1.807, 2.05) is 0 Å². The zero-order valence-electron chi connectivity index (χ0n) is 28.5. The van der Waals surface area contributed by atoms with Crippen LogP contribution in [0.15, 0.2) is 12.7 Å². The van der Waals surface area contributed by atoms with E-state index >= 15 is 0 Å². The molecule has 0 unspecified atom stereocenters. The zero-order valence-corrected chi connectivity index (χ0v) is 28.5. The highest BCUT2D eigenvalue weighted by Gasteiger charge is 2.54. The summed E-state index contributed by atoms with van der Waals surface area (Å²) in [4.78, 5) is 96.6. The summed E-state index contributed by atoms with van der Waals surface area (Å²) in [6, 6.07) is 0. The second-order valence-corrected chi connectivity index (χ2v) is 11.2. The van der Waals surface area contributed by atoms with E-state index in [-0.39, 0.29) is 23.7 Å². The van der Waals surface area contributed by atoms with Crippen LogP contribution in [0.3, 0.4) is 0 Å². The van der Waals surface area contributed by atoms with Gasteiger partial charge >= 0.3 is 41.8 Å². The fourth-order valence-corrected chi connectivity index (χ4v) is 5.41. The molecule has 51 heavy (non-hydrogen) atoms. The molecule has 2 aromatic heterocycles. The van der Waals surface area contributed by atoms with Crippen molar-refractivity contribution in [2.75, 3.05) is 13.2 Å². The van der Waals surface area contributed by atoms with Crippen molar-refractivity contribution >= 4 is 52.9 Å². The van der Waals surface area contributed by atoms with Crippen molar-refractivity contribution in [3.63, 3.8) is 0 Å². The highest BCUT2D eigenvalue weighted by atomic mass is 16.7. The fraction of sp³-hybridized carbons (Fsp3) is 0.600. The van der Waals surface area contributed by atoms with E-state index in [9.17, 15) is 33.6 Å². The Morgan fingerprint density at radius 1 is 0.588 bits per heavy atom. The summed E-state index contributed by atoms with van der Waals surface area (Å²) in [7, 11) is 0. The van der Waals surface area contributed by atoms with Gasteiger partial charge in [0.1, 0.15) is 31.7 Å². The van der Waals surface area contributed by atoms with Gasteiger partial charge in [-0.25, -0.2) is 9.97 Å². The van der Waals surface area contributed by atoms with Crippen LogP contribution in [0.2, 0.25) is 0 Å². The number of hydrogen-bond donors (Lipinski definition) is 0. The fourth-order valence-electron chi connectivity index (χ4n) is 5.41. The van der Waals surface area contributed by atoms with Gasteiger partial charge in [0, 0.05) is 48.5 Å². The average molecular weight is 725 g/mol. The number of nitrogens with zero attached hydrogens (tertiary/aromatic N) is 4. The first-order valence-corrected chi connectivity index (χ1v) is 15.3. The molecule has 0 bridgehead atoms. The SMILES string of the molecule is CC(=O)OC[C@H]1O[C@@H](Oc2ncnc3c2ncn3[C@@H]2O[C@H](COC(C)=O)[C@@H](OC(C)=O)[C@H]2OC(C)=O)[C@H](OC(C)=O)[C@@H](OC(C)=O)[C@@H]1OC(C)=O. The van der Waals surface area contributed by atoms with Gasteiger partial charge in [0.25, 0.3) is 0 Å². The van der Waals surface area contributed by atoms with Gasteiger partial charge in [-0.1, -0.05) is 0 Å². The smallest absolute Gasteiger partial charge is 0.303 e. The van der Waals surface area contributed by atoms with Crippen molar-refractivity contribution in [2.24, 2.45) is 0 Å². The summed E-state index contributed by atoms with van der Waals surface area (Å²) in [5, 5.41) is 0. The lowest BCUT2D eigenvalue weighted by Crippen LogP contribution is -2.63. The van der Waals surface area contributed by atoms with E-state index in [2.05, 4.69) is 15.0 Å². The number of carbonyl (C=O) groups excluding carboxylic acids is 7. The molecule has 4 heterocycles. The number of imidazole rings is 1. The number of ether oxygens (including phenoxy) is 10. The van der Waals surface area contributed by atoms with E-state index in [1.54, 1.807) is 0 Å². The zero-order chi connectivity index (χ0) is 37.6. The van der Waals surface area contributed by atoms with Crippen LogP contribution in [0.4, 0.5) is 0 Å². The van der Waals surface area contributed by atoms with Gasteiger partial charge in [-0.15, -0.1) is 0 Å². The Kier molecular flexibility index (Phi) is 12.4. The Balaban J connectivity index is 1.75. The molecule has 21 heteroatoms. The number of fused-ring (bicyclic) bond motifs is 1. The summed E-state index contributed by atoms with van der Waals surface area (Å²) in [5.41, 5.74) is -0.00879. The van der Waals surface area contributed by atoms with Crippen molar-refractivity contribution in [1.29, 1.82) is 0 Å².